The fourth-order valence-corrected chi connectivity index (χ4v) is 1.38. The second-order valence-corrected chi connectivity index (χ2v) is 3.97. The number of halogens is 1. The molecule has 80 valence electrons. The van der Waals surface area contributed by atoms with E-state index >= 15 is 0 Å². The lowest BCUT2D eigenvalue weighted by atomic mass is 10.1. The number of ether oxygens (including phenoxy) is 1. The van der Waals surface area contributed by atoms with Gasteiger partial charge in [-0.1, -0.05) is 6.92 Å². The highest BCUT2D eigenvalue weighted by Gasteiger charge is 2.07. The molecule has 0 N–H and O–H groups in total. The molecule has 0 heterocycles. The predicted molar refractivity (Wildman–Crippen MR) is 65.4 cm³/mol. The monoisotopic (exact) mass is 318 g/mol. The molecular weight excluding hydrogens is 307 g/mol. The summed E-state index contributed by atoms with van der Waals surface area (Å²) in [7, 11) is 0. The molecule has 0 fully saturated rings. The van der Waals surface area contributed by atoms with E-state index in [1.165, 1.54) is 0 Å². The Bertz CT molecular complexity index is 357. The zero-order chi connectivity index (χ0) is 11.3. The molecule has 0 spiro atoms. The first kappa shape index (κ1) is 12.2. The smallest absolute Gasteiger partial charge is 0.338 e. The van der Waals surface area contributed by atoms with Crippen molar-refractivity contribution in [3.05, 3.63) is 35.4 Å². The van der Waals surface area contributed by atoms with Gasteiger partial charge < -0.3 is 4.74 Å². The van der Waals surface area contributed by atoms with Crippen molar-refractivity contribution >= 4 is 32.4 Å². The Balaban J connectivity index is 2.71. The maximum atomic E-state index is 11.4. The van der Waals surface area contributed by atoms with Gasteiger partial charge in [0.15, 0.2) is 0 Å². The standard InChI is InChI=1S/C11H11IO3/c1-2-7-15-11(14)9-5-3-8(4-6-9)10(12)13/h3-6H,2,7H2,1H3. The topological polar surface area (TPSA) is 43.4 Å². The Morgan fingerprint density at radius 1 is 1.20 bits per heavy atom. The van der Waals surface area contributed by atoms with Gasteiger partial charge in [-0.25, -0.2) is 4.79 Å². The summed E-state index contributed by atoms with van der Waals surface area (Å²) in [6.07, 6.45) is 0.802. The Morgan fingerprint density at radius 3 is 2.20 bits per heavy atom. The minimum Gasteiger partial charge on any atom is -0.462 e. The van der Waals surface area contributed by atoms with Gasteiger partial charge in [-0.15, -0.1) is 0 Å². The molecule has 1 aromatic rings. The minimum atomic E-state index is -0.343. The lowest BCUT2D eigenvalue weighted by Gasteiger charge is -2.02. The van der Waals surface area contributed by atoms with E-state index in [1.54, 1.807) is 46.9 Å². The van der Waals surface area contributed by atoms with E-state index in [9.17, 15) is 9.59 Å². The summed E-state index contributed by atoms with van der Waals surface area (Å²) in [6.45, 7) is 2.36. The highest BCUT2D eigenvalue weighted by Crippen LogP contribution is 2.09. The van der Waals surface area contributed by atoms with Gasteiger partial charge in [0.1, 0.15) is 0 Å². The quantitative estimate of drug-likeness (QED) is 0.487. The summed E-state index contributed by atoms with van der Waals surface area (Å²) < 4.78 is 4.91. The first-order chi connectivity index (χ1) is 7.15. The maximum Gasteiger partial charge on any atom is 0.338 e. The van der Waals surface area contributed by atoms with Crippen molar-refractivity contribution in [1.29, 1.82) is 0 Å². The second kappa shape index (κ2) is 5.85. The van der Waals surface area contributed by atoms with E-state index in [2.05, 4.69) is 0 Å². The molecule has 0 unspecified atom stereocenters. The number of carbonyl (C=O) groups is 2. The molecule has 0 amide bonds. The molecule has 1 rings (SSSR count). The SMILES string of the molecule is CCCOC(=O)c1ccc(C(=O)I)cc1. The normalized spacial score (nSPS) is 9.73. The Labute approximate surface area is 102 Å². The highest BCUT2D eigenvalue weighted by molar-refractivity contribution is 14.1. The molecule has 0 radical (unpaired) electrons. The van der Waals surface area contributed by atoms with Crippen LogP contribution in [0.3, 0.4) is 0 Å². The van der Waals surface area contributed by atoms with Crippen LogP contribution in [0.5, 0.6) is 0 Å². The maximum absolute atomic E-state index is 11.4. The largest absolute Gasteiger partial charge is 0.462 e. The van der Waals surface area contributed by atoms with Crippen molar-refractivity contribution in [2.75, 3.05) is 6.61 Å². The average molecular weight is 318 g/mol. The van der Waals surface area contributed by atoms with Crippen LogP contribution in [-0.4, -0.2) is 16.4 Å². The molecule has 0 bridgehead atoms. The molecular formula is C11H11IO3. The zero-order valence-corrected chi connectivity index (χ0v) is 10.5. The van der Waals surface area contributed by atoms with E-state index in [0.717, 1.165) is 6.42 Å². The van der Waals surface area contributed by atoms with Crippen LogP contribution in [0.4, 0.5) is 0 Å². The lowest BCUT2D eigenvalue weighted by Crippen LogP contribution is -2.05. The fraction of sp³-hybridized carbons (Fsp3) is 0.273. The zero-order valence-electron chi connectivity index (χ0n) is 8.33. The number of rotatable bonds is 4. The van der Waals surface area contributed by atoms with Gasteiger partial charge in [-0.2, -0.15) is 0 Å². The number of esters is 1. The van der Waals surface area contributed by atoms with Gasteiger partial charge in [0, 0.05) is 28.2 Å². The summed E-state index contributed by atoms with van der Waals surface area (Å²) in [5.74, 6) is -0.343. The van der Waals surface area contributed by atoms with Crippen LogP contribution < -0.4 is 0 Å². The third-order valence-electron chi connectivity index (χ3n) is 1.78. The number of carbonyl (C=O) groups excluding carboxylic acids is 2. The van der Waals surface area contributed by atoms with E-state index in [-0.39, 0.29) is 9.76 Å². The van der Waals surface area contributed by atoms with Crippen LogP contribution in [-0.2, 0) is 4.74 Å². The van der Waals surface area contributed by atoms with Crippen molar-refractivity contribution in [2.24, 2.45) is 0 Å². The van der Waals surface area contributed by atoms with Crippen molar-refractivity contribution in [2.45, 2.75) is 13.3 Å². The number of benzene rings is 1. The van der Waals surface area contributed by atoms with Crippen molar-refractivity contribution in [3.8, 4) is 0 Å². The van der Waals surface area contributed by atoms with Gasteiger partial charge in [0.25, 0.3) is 0 Å². The van der Waals surface area contributed by atoms with Gasteiger partial charge >= 0.3 is 5.97 Å². The van der Waals surface area contributed by atoms with E-state index < -0.39 is 0 Å². The summed E-state index contributed by atoms with van der Waals surface area (Å²) in [5.41, 5.74) is 1.06. The van der Waals surface area contributed by atoms with Crippen molar-refractivity contribution in [3.63, 3.8) is 0 Å². The Kier molecular flexibility index (Phi) is 4.74. The molecule has 0 aliphatic rings. The van der Waals surface area contributed by atoms with Gasteiger partial charge in [-0.05, 0) is 30.7 Å². The van der Waals surface area contributed by atoms with Crippen LogP contribution in [0.2, 0.25) is 0 Å². The molecule has 0 saturated heterocycles. The fourth-order valence-electron chi connectivity index (χ4n) is 1.02. The molecule has 0 aliphatic carbocycles. The van der Waals surface area contributed by atoms with Crippen LogP contribution in [0.15, 0.2) is 24.3 Å². The molecule has 1 aromatic carbocycles. The number of hydrogen-bond donors (Lipinski definition) is 0. The van der Waals surface area contributed by atoms with Crippen LogP contribution in [0, 0.1) is 0 Å². The second-order valence-electron chi connectivity index (χ2n) is 2.99. The minimum absolute atomic E-state index is 0.0407. The van der Waals surface area contributed by atoms with Crippen LogP contribution in [0.1, 0.15) is 34.1 Å². The van der Waals surface area contributed by atoms with E-state index in [4.69, 9.17) is 4.74 Å². The van der Waals surface area contributed by atoms with Gasteiger partial charge in [0.05, 0.1) is 12.2 Å². The molecule has 0 aliphatic heterocycles. The summed E-state index contributed by atoms with van der Waals surface area (Å²) in [4.78, 5) is 22.3. The molecule has 3 nitrogen and oxygen atoms in total. The van der Waals surface area contributed by atoms with Crippen molar-refractivity contribution < 1.29 is 14.3 Å². The van der Waals surface area contributed by atoms with Crippen LogP contribution in [0.25, 0.3) is 0 Å². The summed E-state index contributed by atoms with van der Waals surface area (Å²) in [5, 5.41) is 0. The molecule has 0 aromatic heterocycles. The lowest BCUT2D eigenvalue weighted by molar-refractivity contribution is 0.0505. The molecule has 15 heavy (non-hydrogen) atoms. The third kappa shape index (κ3) is 3.62. The van der Waals surface area contributed by atoms with Crippen molar-refractivity contribution in [1.82, 2.24) is 0 Å². The average Bonchev–Trinajstić information content (AvgIpc) is 2.26. The molecule has 4 heteroatoms. The third-order valence-corrected chi connectivity index (χ3v) is 2.41. The van der Waals surface area contributed by atoms with Gasteiger partial charge in [-0.3, -0.25) is 4.79 Å². The Morgan fingerprint density at radius 2 is 1.73 bits per heavy atom. The number of hydrogen-bond acceptors (Lipinski definition) is 3. The van der Waals surface area contributed by atoms with E-state index in [0.29, 0.717) is 17.7 Å². The first-order valence-electron chi connectivity index (χ1n) is 4.62. The highest BCUT2D eigenvalue weighted by atomic mass is 127. The Hall–Kier alpha value is -0.910. The summed E-state index contributed by atoms with van der Waals surface area (Å²) >= 11 is 1.70. The molecule has 0 atom stereocenters. The van der Waals surface area contributed by atoms with E-state index in [1.807, 2.05) is 6.92 Å². The van der Waals surface area contributed by atoms with Gasteiger partial charge in [0.2, 0.25) is 3.79 Å². The summed E-state index contributed by atoms with van der Waals surface area (Å²) in [6, 6.07) is 6.45. The predicted octanol–water partition coefficient (Wildman–Crippen LogP) is 2.83. The molecule has 0 saturated carbocycles. The first-order valence-corrected chi connectivity index (χ1v) is 5.70. The van der Waals surface area contributed by atoms with Crippen LogP contribution >= 0.6 is 22.6 Å².